The number of likely N-dealkylation sites (tertiary alicyclic amines) is 1. The Morgan fingerprint density at radius 3 is 2.62 bits per heavy atom. The highest BCUT2D eigenvalue weighted by atomic mass is 16.5. The second-order valence-corrected chi connectivity index (χ2v) is 4.99. The standard InChI is InChI=1S/C13H28N2O/c1-3-16-13-6-9-15(10-7-13)11-12(2)5-4-8-14/h12-13H,3-11,14H2,1-2H3. The molecule has 0 aliphatic carbocycles. The molecular weight excluding hydrogens is 200 g/mol. The smallest absolute Gasteiger partial charge is 0.0599 e. The molecule has 1 unspecified atom stereocenters. The first-order chi connectivity index (χ1) is 7.76. The van der Waals surface area contributed by atoms with Crippen molar-refractivity contribution >= 4 is 0 Å². The minimum Gasteiger partial charge on any atom is -0.378 e. The largest absolute Gasteiger partial charge is 0.378 e. The molecule has 0 amide bonds. The first-order valence-corrected chi connectivity index (χ1v) is 6.80. The minimum atomic E-state index is 0.514. The molecule has 0 aromatic rings. The van der Waals surface area contributed by atoms with E-state index >= 15 is 0 Å². The van der Waals surface area contributed by atoms with Crippen molar-refractivity contribution in [1.29, 1.82) is 0 Å². The molecule has 0 spiro atoms. The number of nitrogens with zero attached hydrogens (tertiary/aromatic N) is 1. The van der Waals surface area contributed by atoms with Crippen LogP contribution in [0.1, 0.15) is 39.5 Å². The summed E-state index contributed by atoms with van der Waals surface area (Å²) in [6.07, 6.45) is 5.36. The Morgan fingerprint density at radius 1 is 1.38 bits per heavy atom. The van der Waals surface area contributed by atoms with E-state index in [4.69, 9.17) is 10.5 Å². The molecule has 0 bridgehead atoms. The van der Waals surface area contributed by atoms with Crippen molar-refractivity contribution in [3.8, 4) is 0 Å². The molecule has 1 saturated heterocycles. The molecule has 1 atom stereocenters. The van der Waals surface area contributed by atoms with E-state index in [1.54, 1.807) is 0 Å². The van der Waals surface area contributed by atoms with Gasteiger partial charge >= 0.3 is 0 Å². The lowest BCUT2D eigenvalue weighted by Crippen LogP contribution is -2.39. The van der Waals surface area contributed by atoms with Crippen LogP contribution in [-0.2, 0) is 4.74 Å². The van der Waals surface area contributed by atoms with Gasteiger partial charge in [-0.25, -0.2) is 0 Å². The molecule has 0 aromatic heterocycles. The van der Waals surface area contributed by atoms with E-state index in [0.717, 1.165) is 25.5 Å². The van der Waals surface area contributed by atoms with Crippen molar-refractivity contribution in [2.45, 2.75) is 45.6 Å². The van der Waals surface area contributed by atoms with Gasteiger partial charge in [0.2, 0.25) is 0 Å². The molecule has 0 saturated carbocycles. The van der Waals surface area contributed by atoms with E-state index in [1.165, 1.54) is 38.9 Å². The fraction of sp³-hybridized carbons (Fsp3) is 1.00. The quantitative estimate of drug-likeness (QED) is 0.723. The number of piperidine rings is 1. The second-order valence-electron chi connectivity index (χ2n) is 4.99. The van der Waals surface area contributed by atoms with Crippen LogP contribution in [0.15, 0.2) is 0 Å². The third-order valence-electron chi connectivity index (χ3n) is 3.41. The topological polar surface area (TPSA) is 38.5 Å². The van der Waals surface area contributed by atoms with Gasteiger partial charge in [0, 0.05) is 26.2 Å². The normalized spacial score (nSPS) is 21.2. The number of hydrogen-bond donors (Lipinski definition) is 1. The Morgan fingerprint density at radius 2 is 2.06 bits per heavy atom. The Kier molecular flexibility index (Phi) is 7.01. The van der Waals surface area contributed by atoms with Gasteiger partial charge in [-0.05, 0) is 45.1 Å². The molecule has 1 aliphatic rings. The van der Waals surface area contributed by atoms with Gasteiger partial charge in [0.25, 0.3) is 0 Å². The first kappa shape index (κ1) is 13.9. The van der Waals surface area contributed by atoms with Crippen molar-refractivity contribution in [1.82, 2.24) is 4.90 Å². The summed E-state index contributed by atoms with van der Waals surface area (Å²) in [6.45, 7) is 9.76. The maximum Gasteiger partial charge on any atom is 0.0599 e. The van der Waals surface area contributed by atoms with E-state index < -0.39 is 0 Å². The minimum absolute atomic E-state index is 0.514. The zero-order valence-electron chi connectivity index (χ0n) is 11.0. The van der Waals surface area contributed by atoms with Crippen molar-refractivity contribution in [2.24, 2.45) is 11.7 Å². The van der Waals surface area contributed by atoms with E-state index in [0.29, 0.717) is 6.10 Å². The maximum absolute atomic E-state index is 5.66. The Labute approximate surface area is 100 Å². The van der Waals surface area contributed by atoms with Gasteiger partial charge in [0.1, 0.15) is 0 Å². The van der Waals surface area contributed by atoms with Gasteiger partial charge in [0.15, 0.2) is 0 Å². The van der Waals surface area contributed by atoms with Crippen molar-refractivity contribution in [3.05, 3.63) is 0 Å². The number of ether oxygens (including phenoxy) is 1. The van der Waals surface area contributed by atoms with Crippen LogP contribution in [-0.4, -0.2) is 43.8 Å². The monoisotopic (exact) mass is 228 g/mol. The van der Waals surface area contributed by atoms with Crippen LogP contribution in [0.3, 0.4) is 0 Å². The summed E-state index contributed by atoms with van der Waals surface area (Å²) in [7, 11) is 0. The third-order valence-corrected chi connectivity index (χ3v) is 3.41. The predicted molar refractivity (Wildman–Crippen MR) is 68.5 cm³/mol. The molecule has 1 heterocycles. The SMILES string of the molecule is CCOC1CCN(CC(C)CCCN)CC1. The van der Waals surface area contributed by atoms with Crippen LogP contribution < -0.4 is 5.73 Å². The molecule has 3 heteroatoms. The highest BCUT2D eigenvalue weighted by Gasteiger charge is 2.20. The Balaban J connectivity index is 2.11. The van der Waals surface area contributed by atoms with Gasteiger partial charge in [-0.2, -0.15) is 0 Å². The average Bonchev–Trinajstić information content (AvgIpc) is 2.29. The molecule has 0 aromatic carbocycles. The van der Waals surface area contributed by atoms with Crippen LogP contribution in [0.25, 0.3) is 0 Å². The zero-order chi connectivity index (χ0) is 11.8. The summed E-state index contributed by atoms with van der Waals surface area (Å²) in [5.74, 6) is 0.784. The van der Waals surface area contributed by atoms with E-state index in [1.807, 2.05) is 0 Å². The maximum atomic E-state index is 5.66. The van der Waals surface area contributed by atoms with Gasteiger partial charge in [-0.3, -0.25) is 0 Å². The molecule has 16 heavy (non-hydrogen) atoms. The molecular formula is C13H28N2O. The van der Waals surface area contributed by atoms with Crippen molar-refractivity contribution in [2.75, 3.05) is 32.8 Å². The van der Waals surface area contributed by atoms with Crippen LogP contribution in [0.4, 0.5) is 0 Å². The van der Waals surface area contributed by atoms with E-state index in [9.17, 15) is 0 Å². The molecule has 0 radical (unpaired) electrons. The third kappa shape index (κ3) is 5.28. The summed E-state index contributed by atoms with van der Waals surface area (Å²) in [5, 5.41) is 0. The van der Waals surface area contributed by atoms with Crippen LogP contribution in [0.2, 0.25) is 0 Å². The first-order valence-electron chi connectivity index (χ1n) is 6.80. The zero-order valence-corrected chi connectivity index (χ0v) is 11.0. The van der Waals surface area contributed by atoms with Gasteiger partial charge < -0.3 is 15.4 Å². The van der Waals surface area contributed by atoms with Crippen LogP contribution in [0, 0.1) is 5.92 Å². The molecule has 3 nitrogen and oxygen atoms in total. The summed E-state index contributed by atoms with van der Waals surface area (Å²) in [6, 6.07) is 0. The van der Waals surface area contributed by atoms with Crippen molar-refractivity contribution < 1.29 is 4.74 Å². The van der Waals surface area contributed by atoms with Crippen molar-refractivity contribution in [3.63, 3.8) is 0 Å². The lowest BCUT2D eigenvalue weighted by molar-refractivity contribution is 0.0113. The molecule has 1 rings (SSSR count). The predicted octanol–water partition coefficient (Wildman–Crippen LogP) is 1.86. The van der Waals surface area contributed by atoms with Gasteiger partial charge in [0.05, 0.1) is 6.10 Å². The highest BCUT2D eigenvalue weighted by molar-refractivity contribution is 4.73. The lowest BCUT2D eigenvalue weighted by atomic mass is 10.0. The summed E-state index contributed by atoms with van der Waals surface area (Å²) in [5.41, 5.74) is 5.53. The van der Waals surface area contributed by atoms with Gasteiger partial charge in [-0.15, -0.1) is 0 Å². The lowest BCUT2D eigenvalue weighted by Gasteiger charge is -2.33. The van der Waals surface area contributed by atoms with Crippen LogP contribution >= 0.6 is 0 Å². The molecule has 1 aliphatic heterocycles. The summed E-state index contributed by atoms with van der Waals surface area (Å²) >= 11 is 0. The fourth-order valence-corrected chi connectivity index (χ4v) is 2.49. The fourth-order valence-electron chi connectivity index (χ4n) is 2.49. The van der Waals surface area contributed by atoms with Gasteiger partial charge in [-0.1, -0.05) is 6.92 Å². The molecule has 96 valence electrons. The number of rotatable bonds is 7. The number of nitrogens with two attached hydrogens (primary N) is 1. The molecule has 1 fully saturated rings. The van der Waals surface area contributed by atoms with E-state index in [-0.39, 0.29) is 0 Å². The Bertz CT molecular complexity index is 167. The molecule has 2 N–H and O–H groups in total. The highest BCUT2D eigenvalue weighted by Crippen LogP contribution is 2.16. The Hall–Kier alpha value is -0.120. The van der Waals surface area contributed by atoms with Crippen LogP contribution in [0.5, 0.6) is 0 Å². The second kappa shape index (κ2) is 8.04. The van der Waals surface area contributed by atoms with E-state index in [2.05, 4.69) is 18.7 Å². The average molecular weight is 228 g/mol. The summed E-state index contributed by atoms with van der Waals surface area (Å²) in [4.78, 5) is 2.58. The number of hydrogen-bond acceptors (Lipinski definition) is 3. The summed E-state index contributed by atoms with van der Waals surface area (Å²) < 4.78 is 5.66.